The zero-order valence-electron chi connectivity index (χ0n) is 12.7. The van der Waals surface area contributed by atoms with E-state index in [4.69, 9.17) is 14.6 Å². The molecule has 1 atom stereocenters. The third kappa shape index (κ3) is 3.12. The number of hydrogen-bond donors (Lipinski definition) is 1. The van der Waals surface area contributed by atoms with Gasteiger partial charge in [-0.05, 0) is 42.8 Å². The normalized spacial score (nSPS) is 15.8. The number of ether oxygens (including phenoxy) is 2. The van der Waals surface area contributed by atoms with Gasteiger partial charge in [-0.25, -0.2) is 9.18 Å². The van der Waals surface area contributed by atoms with Crippen molar-refractivity contribution in [3.05, 3.63) is 65.2 Å². The van der Waals surface area contributed by atoms with E-state index in [-0.39, 0.29) is 23.0 Å². The van der Waals surface area contributed by atoms with Crippen LogP contribution in [0.2, 0.25) is 0 Å². The first-order valence-corrected chi connectivity index (χ1v) is 7.17. The van der Waals surface area contributed by atoms with Crippen LogP contribution in [-0.2, 0) is 4.79 Å². The van der Waals surface area contributed by atoms with Gasteiger partial charge in [0.25, 0.3) is 0 Å². The number of ketones is 1. The number of halogens is 1. The largest absolute Gasteiger partial charge is 0.479 e. The number of Topliss-reactive ketones (excluding diaryl/α,β-unsaturated/α-hetero) is 1. The number of aliphatic carboxylic acids is 1. The Morgan fingerprint density at radius 2 is 2.08 bits per heavy atom. The molecule has 122 valence electrons. The maximum absolute atomic E-state index is 13.2. The standard InChI is InChI=1S/C18H13FO5/c1-10(18(21)22)23-13-5-6-14-15(9-13)24-16(17(14)20)8-11-3-2-4-12(19)7-11/h2-10H,1H3,(H,21,22)/b16-8-. The van der Waals surface area contributed by atoms with Crippen LogP contribution in [-0.4, -0.2) is 23.0 Å². The predicted octanol–water partition coefficient (Wildman–Crippen LogP) is 3.29. The number of benzene rings is 2. The van der Waals surface area contributed by atoms with E-state index in [1.165, 1.54) is 49.4 Å². The second-order valence-electron chi connectivity index (χ2n) is 5.25. The summed E-state index contributed by atoms with van der Waals surface area (Å²) in [5.74, 6) is -1.21. The van der Waals surface area contributed by atoms with Gasteiger partial charge in [0.05, 0.1) is 5.56 Å². The average molecular weight is 328 g/mol. The molecule has 1 N–H and O–H groups in total. The predicted molar refractivity (Wildman–Crippen MR) is 83.5 cm³/mol. The smallest absolute Gasteiger partial charge is 0.344 e. The van der Waals surface area contributed by atoms with Crippen LogP contribution < -0.4 is 9.47 Å². The molecule has 0 aliphatic carbocycles. The lowest BCUT2D eigenvalue weighted by Gasteiger charge is -2.10. The molecule has 1 unspecified atom stereocenters. The number of carboxylic acids is 1. The summed E-state index contributed by atoms with van der Waals surface area (Å²) in [5, 5.41) is 8.86. The lowest BCUT2D eigenvalue weighted by atomic mass is 10.1. The molecular formula is C18H13FO5. The highest BCUT2D eigenvalue weighted by molar-refractivity contribution is 6.14. The Hall–Kier alpha value is -3.15. The van der Waals surface area contributed by atoms with Gasteiger partial charge in [0.15, 0.2) is 11.9 Å². The molecule has 3 rings (SSSR count). The molecule has 0 saturated carbocycles. The highest BCUT2D eigenvalue weighted by atomic mass is 19.1. The van der Waals surface area contributed by atoms with Crippen molar-refractivity contribution in [1.29, 1.82) is 0 Å². The van der Waals surface area contributed by atoms with Crippen molar-refractivity contribution in [2.75, 3.05) is 0 Å². The minimum atomic E-state index is -1.10. The van der Waals surface area contributed by atoms with Crippen molar-refractivity contribution in [2.24, 2.45) is 0 Å². The van der Waals surface area contributed by atoms with Crippen molar-refractivity contribution < 1.29 is 28.6 Å². The van der Waals surface area contributed by atoms with Crippen LogP contribution in [0.3, 0.4) is 0 Å². The van der Waals surface area contributed by atoms with Gasteiger partial charge in [0.2, 0.25) is 5.78 Å². The minimum Gasteiger partial charge on any atom is -0.479 e. The van der Waals surface area contributed by atoms with Gasteiger partial charge in [0.1, 0.15) is 17.3 Å². The van der Waals surface area contributed by atoms with Gasteiger partial charge >= 0.3 is 5.97 Å². The van der Waals surface area contributed by atoms with Gasteiger partial charge in [-0.15, -0.1) is 0 Å². The summed E-state index contributed by atoms with van der Waals surface area (Å²) < 4.78 is 24.0. The first kappa shape index (κ1) is 15.7. The molecule has 0 fully saturated rings. The zero-order chi connectivity index (χ0) is 17.3. The molecule has 1 aliphatic heterocycles. The number of fused-ring (bicyclic) bond motifs is 1. The molecule has 0 amide bonds. The van der Waals surface area contributed by atoms with E-state index in [0.29, 0.717) is 11.1 Å². The van der Waals surface area contributed by atoms with E-state index in [1.54, 1.807) is 6.07 Å². The molecular weight excluding hydrogens is 315 g/mol. The highest BCUT2D eigenvalue weighted by Gasteiger charge is 2.28. The van der Waals surface area contributed by atoms with E-state index in [1.807, 2.05) is 0 Å². The Bertz CT molecular complexity index is 856. The first-order valence-electron chi connectivity index (χ1n) is 7.17. The third-order valence-electron chi connectivity index (χ3n) is 3.45. The molecule has 6 heteroatoms. The van der Waals surface area contributed by atoms with Crippen LogP contribution in [0, 0.1) is 5.82 Å². The molecule has 24 heavy (non-hydrogen) atoms. The first-order chi connectivity index (χ1) is 11.4. The van der Waals surface area contributed by atoms with Crippen LogP contribution in [0.25, 0.3) is 6.08 Å². The van der Waals surface area contributed by atoms with Gasteiger partial charge in [0, 0.05) is 6.07 Å². The van der Waals surface area contributed by atoms with Crippen molar-refractivity contribution in [3.8, 4) is 11.5 Å². The Balaban J connectivity index is 1.86. The molecule has 0 spiro atoms. The summed E-state index contributed by atoms with van der Waals surface area (Å²) in [5.41, 5.74) is 0.843. The number of hydrogen-bond acceptors (Lipinski definition) is 4. The second-order valence-corrected chi connectivity index (χ2v) is 5.25. The summed E-state index contributed by atoms with van der Waals surface area (Å²) in [6, 6.07) is 10.3. The van der Waals surface area contributed by atoms with E-state index in [9.17, 15) is 14.0 Å². The van der Waals surface area contributed by atoms with Gasteiger partial charge in [-0.2, -0.15) is 0 Å². The summed E-state index contributed by atoms with van der Waals surface area (Å²) in [7, 11) is 0. The van der Waals surface area contributed by atoms with E-state index < -0.39 is 17.9 Å². The van der Waals surface area contributed by atoms with Gasteiger partial charge in [-0.1, -0.05) is 12.1 Å². The van der Waals surface area contributed by atoms with Crippen LogP contribution in [0.1, 0.15) is 22.8 Å². The van der Waals surface area contributed by atoms with Crippen LogP contribution in [0.4, 0.5) is 4.39 Å². The summed E-state index contributed by atoms with van der Waals surface area (Å²) >= 11 is 0. The Morgan fingerprint density at radius 1 is 1.29 bits per heavy atom. The maximum atomic E-state index is 13.2. The number of allylic oxidation sites excluding steroid dienone is 1. The van der Waals surface area contributed by atoms with Crippen molar-refractivity contribution in [3.63, 3.8) is 0 Å². The number of carboxylic acid groups (broad SMARTS) is 1. The minimum absolute atomic E-state index is 0.0685. The molecule has 5 nitrogen and oxygen atoms in total. The number of carbonyl (C=O) groups excluding carboxylic acids is 1. The van der Waals surface area contributed by atoms with Gasteiger partial charge in [-0.3, -0.25) is 4.79 Å². The van der Waals surface area contributed by atoms with Crippen molar-refractivity contribution >= 4 is 17.8 Å². The summed E-state index contributed by atoms with van der Waals surface area (Å²) in [6.45, 7) is 1.40. The summed E-state index contributed by atoms with van der Waals surface area (Å²) in [4.78, 5) is 23.1. The lowest BCUT2D eigenvalue weighted by Crippen LogP contribution is -2.22. The zero-order valence-corrected chi connectivity index (χ0v) is 12.7. The fourth-order valence-corrected chi connectivity index (χ4v) is 2.24. The molecule has 0 saturated heterocycles. The number of carbonyl (C=O) groups is 2. The van der Waals surface area contributed by atoms with Crippen LogP contribution in [0.5, 0.6) is 11.5 Å². The molecule has 0 aromatic heterocycles. The van der Waals surface area contributed by atoms with Gasteiger partial charge < -0.3 is 14.6 Å². The van der Waals surface area contributed by atoms with Crippen LogP contribution >= 0.6 is 0 Å². The Kier molecular flexibility index (Phi) is 4.04. The third-order valence-corrected chi connectivity index (χ3v) is 3.45. The molecule has 2 aromatic rings. The fourth-order valence-electron chi connectivity index (χ4n) is 2.24. The SMILES string of the molecule is CC(Oc1ccc2c(c1)O/C(=C\c1cccc(F)c1)C2=O)C(=O)O. The fraction of sp³-hybridized carbons (Fsp3) is 0.111. The average Bonchev–Trinajstić information content (AvgIpc) is 2.83. The van der Waals surface area contributed by atoms with E-state index in [0.717, 1.165) is 0 Å². The number of rotatable bonds is 4. The molecule has 1 heterocycles. The molecule has 0 radical (unpaired) electrons. The van der Waals surface area contributed by atoms with Crippen molar-refractivity contribution in [2.45, 2.75) is 13.0 Å². The molecule has 2 aromatic carbocycles. The van der Waals surface area contributed by atoms with E-state index in [2.05, 4.69) is 0 Å². The molecule has 0 bridgehead atoms. The summed E-state index contributed by atoms with van der Waals surface area (Å²) in [6.07, 6.45) is 0.425. The second kappa shape index (κ2) is 6.16. The maximum Gasteiger partial charge on any atom is 0.344 e. The molecule has 1 aliphatic rings. The Labute approximate surface area is 136 Å². The van der Waals surface area contributed by atoms with Crippen molar-refractivity contribution in [1.82, 2.24) is 0 Å². The Morgan fingerprint density at radius 3 is 2.79 bits per heavy atom. The van der Waals surface area contributed by atoms with E-state index >= 15 is 0 Å². The lowest BCUT2D eigenvalue weighted by molar-refractivity contribution is -0.144. The highest BCUT2D eigenvalue weighted by Crippen LogP contribution is 2.35. The quantitative estimate of drug-likeness (QED) is 0.872. The topological polar surface area (TPSA) is 72.8 Å². The van der Waals surface area contributed by atoms with Crippen LogP contribution in [0.15, 0.2) is 48.2 Å². The monoisotopic (exact) mass is 328 g/mol.